The number of nitrogens with zero attached hydrogens (tertiary/aromatic N) is 2. The lowest BCUT2D eigenvalue weighted by Gasteiger charge is -2.35. The SMILES string of the molecule is Cc1ccc(C2c3[nH]c4ccccc4c3CCN2C(=O)/C=C/c2cc([N+](=O)[O-])ccc2Cl)cc1. The summed E-state index contributed by atoms with van der Waals surface area (Å²) in [6, 6.07) is 20.3. The van der Waals surface area contributed by atoms with E-state index in [1.165, 1.54) is 35.2 Å². The summed E-state index contributed by atoms with van der Waals surface area (Å²) in [6.45, 7) is 2.59. The molecule has 1 aliphatic heterocycles. The number of halogens is 1. The van der Waals surface area contributed by atoms with Gasteiger partial charge in [0.15, 0.2) is 0 Å². The van der Waals surface area contributed by atoms with Crippen molar-refractivity contribution < 1.29 is 9.72 Å². The molecule has 1 N–H and O–H groups in total. The quantitative estimate of drug-likeness (QED) is 0.218. The highest BCUT2D eigenvalue weighted by molar-refractivity contribution is 6.32. The van der Waals surface area contributed by atoms with Crippen LogP contribution in [0.1, 0.15) is 34.0 Å². The van der Waals surface area contributed by atoms with Crippen LogP contribution in [0.2, 0.25) is 5.02 Å². The molecule has 1 aromatic heterocycles. The third kappa shape index (κ3) is 3.97. The molecule has 34 heavy (non-hydrogen) atoms. The molecule has 170 valence electrons. The van der Waals surface area contributed by atoms with Gasteiger partial charge in [-0.3, -0.25) is 14.9 Å². The van der Waals surface area contributed by atoms with Crippen molar-refractivity contribution in [3.8, 4) is 0 Å². The number of para-hydroxylation sites is 1. The Hall–Kier alpha value is -3.90. The van der Waals surface area contributed by atoms with Gasteiger partial charge in [0.2, 0.25) is 5.91 Å². The maximum Gasteiger partial charge on any atom is 0.270 e. The molecule has 2 heterocycles. The number of hydrogen-bond donors (Lipinski definition) is 1. The van der Waals surface area contributed by atoms with Gasteiger partial charge in [0.25, 0.3) is 5.69 Å². The first-order valence-electron chi connectivity index (χ1n) is 11.0. The lowest BCUT2D eigenvalue weighted by atomic mass is 9.92. The molecular formula is C27H22ClN3O3. The van der Waals surface area contributed by atoms with E-state index in [2.05, 4.69) is 29.2 Å². The number of benzene rings is 3. The highest BCUT2D eigenvalue weighted by atomic mass is 35.5. The Morgan fingerprint density at radius 2 is 1.91 bits per heavy atom. The van der Waals surface area contributed by atoms with Gasteiger partial charge >= 0.3 is 0 Å². The summed E-state index contributed by atoms with van der Waals surface area (Å²) < 4.78 is 0. The van der Waals surface area contributed by atoms with Crippen molar-refractivity contribution in [3.05, 3.63) is 116 Å². The van der Waals surface area contributed by atoms with Crippen LogP contribution in [-0.4, -0.2) is 27.3 Å². The monoisotopic (exact) mass is 471 g/mol. The molecule has 1 aliphatic rings. The van der Waals surface area contributed by atoms with Gasteiger partial charge in [0, 0.05) is 51.9 Å². The number of nitrogens with one attached hydrogen (secondary N) is 1. The number of hydrogen-bond acceptors (Lipinski definition) is 3. The van der Waals surface area contributed by atoms with Crippen molar-refractivity contribution in [1.29, 1.82) is 0 Å². The van der Waals surface area contributed by atoms with E-state index in [-0.39, 0.29) is 17.6 Å². The van der Waals surface area contributed by atoms with E-state index >= 15 is 0 Å². The molecule has 0 fully saturated rings. The molecule has 1 unspecified atom stereocenters. The largest absolute Gasteiger partial charge is 0.356 e. The van der Waals surface area contributed by atoms with Crippen LogP contribution < -0.4 is 0 Å². The van der Waals surface area contributed by atoms with E-state index < -0.39 is 4.92 Å². The Morgan fingerprint density at radius 3 is 2.68 bits per heavy atom. The lowest BCUT2D eigenvalue weighted by molar-refractivity contribution is -0.384. The van der Waals surface area contributed by atoms with Crippen LogP contribution in [-0.2, 0) is 11.2 Å². The summed E-state index contributed by atoms with van der Waals surface area (Å²) >= 11 is 6.22. The molecule has 0 radical (unpaired) electrons. The zero-order chi connectivity index (χ0) is 23.8. The normalized spacial score (nSPS) is 15.6. The number of carbonyl (C=O) groups excluding carboxylic acids is 1. The van der Waals surface area contributed by atoms with Crippen molar-refractivity contribution in [2.45, 2.75) is 19.4 Å². The summed E-state index contributed by atoms with van der Waals surface area (Å²) in [7, 11) is 0. The average molecular weight is 472 g/mol. The minimum Gasteiger partial charge on any atom is -0.356 e. The molecule has 0 saturated carbocycles. The van der Waals surface area contributed by atoms with Crippen LogP contribution in [0.25, 0.3) is 17.0 Å². The third-order valence-corrected chi connectivity index (χ3v) is 6.65. The van der Waals surface area contributed by atoms with Crippen LogP contribution >= 0.6 is 11.6 Å². The number of aromatic amines is 1. The maximum absolute atomic E-state index is 13.4. The highest BCUT2D eigenvalue weighted by Crippen LogP contribution is 2.38. The predicted octanol–water partition coefficient (Wildman–Crippen LogP) is 6.23. The van der Waals surface area contributed by atoms with Gasteiger partial charge in [-0.05, 0) is 42.7 Å². The summed E-state index contributed by atoms with van der Waals surface area (Å²) in [6.07, 6.45) is 3.73. The zero-order valence-corrected chi connectivity index (χ0v) is 19.3. The van der Waals surface area contributed by atoms with Gasteiger partial charge in [-0.1, -0.05) is 59.6 Å². The minimum absolute atomic E-state index is 0.0743. The highest BCUT2D eigenvalue weighted by Gasteiger charge is 2.33. The van der Waals surface area contributed by atoms with Crippen LogP contribution in [0.3, 0.4) is 0 Å². The Labute approximate surface area is 201 Å². The van der Waals surface area contributed by atoms with E-state index in [4.69, 9.17) is 11.6 Å². The van der Waals surface area contributed by atoms with Crippen molar-refractivity contribution in [1.82, 2.24) is 9.88 Å². The third-order valence-electron chi connectivity index (χ3n) is 6.31. The molecule has 6 nitrogen and oxygen atoms in total. The van der Waals surface area contributed by atoms with Crippen LogP contribution in [0.15, 0.2) is 72.8 Å². The number of aryl methyl sites for hydroxylation is 1. The summed E-state index contributed by atoms with van der Waals surface area (Å²) in [5.74, 6) is -0.183. The number of non-ortho nitro benzene ring substituents is 1. The first-order chi connectivity index (χ1) is 16.4. The first-order valence-corrected chi connectivity index (χ1v) is 11.4. The van der Waals surface area contributed by atoms with Crippen molar-refractivity contribution >= 4 is 40.2 Å². The number of nitro benzene ring substituents is 1. The van der Waals surface area contributed by atoms with E-state index in [0.717, 1.165) is 28.8 Å². The smallest absolute Gasteiger partial charge is 0.270 e. The van der Waals surface area contributed by atoms with Crippen molar-refractivity contribution in [2.24, 2.45) is 0 Å². The van der Waals surface area contributed by atoms with Gasteiger partial charge < -0.3 is 9.88 Å². The molecule has 7 heteroatoms. The first kappa shape index (κ1) is 21.9. The van der Waals surface area contributed by atoms with Crippen LogP contribution in [0, 0.1) is 17.0 Å². The molecular weight excluding hydrogens is 450 g/mol. The second-order valence-corrected chi connectivity index (χ2v) is 8.86. The van der Waals surface area contributed by atoms with E-state index in [1.54, 1.807) is 6.08 Å². The van der Waals surface area contributed by atoms with Gasteiger partial charge in [-0.25, -0.2) is 0 Å². The fourth-order valence-electron chi connectivity index (χ4n) is 4.60. The van der Waals surface area contributed by atoms with Crippen molar-refractivity contribution in [2.75, 3.05) is 6.54 Å². The van der Waals surface area contributed by atoms with Crippen LogP contribution in [0.4, 0.5) is 5.69 Å². The Morgan fingerprint density at radius 1 is 1.15 bits per heavy atom. The van der Waals surface area contributed by atoms with Crippen LogP contribution in [0.5, 0.6) is 0 Å². The van der Waals surface area contributed by atoms with Gasteiger partial charge in [0.05, 0.1) is 11.0 Å². The van der Waals surface area contributed by atoms with E-state index in [1.807, 2.05) is 36.1 Å². The van der Waals surface area contributed by atoms with Gasteiger partial charge in [0.1, 0.15) is 0 Å². The zero-order valence-electron chi connectivity index (χ0n) is 18.5. The Bertz CT molecular complexity index is 1440. The topological polar surface area (TPSA) is 79.2 Å². The Kier molecular flexibility index (Phi) is 5.67. The second kappa shape index (κ2) is 8.80. The maximum atomic E-state index is 13.4. The summed E-state index contributed by atoms with van der Waals surface area (Å²) in [4.78, 5) is 29.5. The fourth-order valence-corrected chi connectivity index (χ4v) is 4.78. The lowest BCUT2D eigenvalue weighted by Crippen LogP contribution is -2.39. The molecule has 5 rings (SSSR count). The fraction of sp³-hybridized carbons (Fsp3) is 0.148. The number of nitro groups is 1. The molecule has 0 saturated heterocycles. The number of fused-ring (bicyclic) bond motifs is 3. The molecule has 1 amide bonds. The molecule has 1 atom stereocenters. The minimum atomic E-state index is -0.481. The second-order valence-electron chi connectivity index (χ2n) is 8.45. The number of carbonyl (C=O) groups is 1. The Balaban J connectivity index is 1.54. The standard InChI is InChI=1S/C27H22ClN3O3/c1-17-6-8-18(9-7-17)27-26-22(21-4-2-3-5-24(21)29-26)14-15-30(27)25(32)13-10-19-16-20(31(33)34)11-12-23(19)28/h2-13,16,27,29H,14-15H2,1H3/b13-10+. The molecule has 3 aromatic carbocycles. The average Bonchev–Trinajstić information content (AvgIpc) is 3.22. The van der Waals surface area contributed by atoms with E-state index in [9.17, 15) is 14.9 Å². The number of rotatable bonds is 4. The predicted molar refractivity (Wildman–Crippen MR) is 134 cm³/mol. The molecule has 4 aromatic rings. The number of aromatic nitrogens is 1. The van der Waals surface area contributed by atoms with Gasteiger partial charge in [-0.15, -0.1) is 0 Å². The van der Waals surface area contributed by atoms with Crippen molar-refractivity contribution in [3.63, 3.8) is 0 Å². The number of amides is 1. The summed E-state index contributed by atoms with van der Waals surface area (Å²) in [5.41, 5.74) is 5.83. The molecule has 0 aliphatic carbocycles. The molecule has 0 spiro atoms. The van der Waals surface area contributed by atoms with E-state index in [0.29, 0.717) is 17.1 Å². The number of H-pyrrole nitrogens is 1. The van der Waals surface area contributed by atoms with Gasteiger partial charge in [-0.2, -0.15) is 0 Å². The summed E-state index contributed by atoms with van der Waals surface area (Å²) in [5, 5.41) is 12.7. The molecule has 0 bridgehead atoms.